The fourth-order valence-electron chi connectivity index (χ4n) is 3.47. The molecule has 0 saturated heterocycles. The number of hydrogen-bond donors (Lipinski definition) is 4. The van der Waals surface area contributed by atoms with Gasteiger partial charge in [-0.1, -0.05) is 44.5 Å². The van der Waals surface area contributed by atoms with Crippen molar-refractivity contribution in [2.24, 2.45) is 5.92 Å². The summed E-state index contributed by atoms with van der Waals surface area (Å²) in [4.78, 5) is 50.3. The average Bonchev–Trinajstić information content (AvgIpc) is 2.83. The third-order valence-electron chi connectivity index (χ3n) is 5.86. The molecule has 9 nitrogen and oxygen atoms in total. The first-order valence-corrected chi connectivity index (χ1v) is 14.4. The van der Waals surface area contributed by atoms with E-state index in [-0.39, 0.29) is 55.9 Å². The van der Waals surface area contributed by atoms with E-state index in [0.717, 1.165) is 17.3 Å². The molecular formula is C25H40N4O5S2Y. The molecule has 1 radical (unpaired) electrons. The van der Waals surface area contributed by atoms with E-state index in [1.807, 2.05) is 19.9 Å². The van der Waals surface area contributed by atoms with E-state index in [1.54, 1.807) is 37.4 Å². The van der Waals surface area contributed by atoms with Crippen LogP contribution in [-0.2, 0) is 63.4 Å². The minimum absolute atomic E-state index is 0. The van der Waals surface area contributed by atoms with E-state index < -0.39 is 29.9 Å². The van der Waals surface area contributed by atoms with Crippen molar-refractivity contribution in [1.29, 1.82) is 0 Å². The molecule has 1 aromatic carbocycles. The molecule has 2 bridgehead atoms. The van der Waals surface area contributed by atoms with Crippen molar-refractivity contribution in [3.8, 4) is 0 Å². The molecule has 1 aliphatic rings. The third kappa shape index (κ3) is 13.0. The van der Waals surface area contributed by atoms with Gasteiger partial charge in [-0.05, 0) is 30.9 Å². The predicted octanol–water partition coefficient (Wildman–Crippen LogP) is 1.39. The quantitative estimate of drug-likeness (QED) is 0.389. The summed E-state index contributed by atoms with van der Waals surface area (Å²) >= 11 is 3.41. The SMILES string of the molecule is CC[C@H](C)[C@@H]1NC(=O)[C@H](C)NC(=O)[C@H](C)NC(=O)CCSCc2cccc(c2)CSCCNC1=O.O.[Y]. The normalized spacial score (nSPS) is 23.7. The molecule has 0 aromatic heterocycles. The maximum Gasteiger partial charge on any atom is 0.242 e. The molecule has 12 heteroatoms. The van der Waals surface area contributed by atoms with Crippen LogP contribution in [0.1, 0.15) is 51.7 Å². The zero-order chi connectivity index (χ0) is 25.8. The number of fused-ring (bicyclic) bond motifs is 2. The average molecular weight is 630 g/mol. The summed E-state index contributed by atoms with van der Waals surface area (Å²) in [5.41, 5.74) is 2.43. The molecule has 4 amide bonds. The van der Waals surface area contributed by atoms with Crippen LogP contribution in [0.25, 0.3) is 0 Å². The van der Waals surface area contributed by atoms with Gasteiger partial charge in [-0.25, -0.2) is 0 Å². The van der Waals surface area contributed by atoms with Gasteiger partial charge in [0.1, 0.15) is 18.1 Å². The van der Waals surface area contributed by atoms with Crippen LogP contribution in [0.5, 0.6) is 0 Å². The van der Waals surface area contributed by atoms with Crippen LogP contribution < -0.4 is 21.3 Å². The van der Waals surface area contributed by atoms with Gasteiger partial charge in [0.2, 0.25) is 23.6 Å². The Kier molecular flexibility index (Phi) is 18.4. The van der Waals surface area contributed by atoms with Crippen LogP contribution >= 0.6 is 23.5 Å². The van der Waals surface area contributed by atoms with Crippen LogP contribution in [0, 0.1) is 5.92 Å². The largest absolute Gasteiger partial charge is 0.412 e. The Morgan fingerprint density at radius 3 is 2.08 bits per heavy atom. The van der Waals surface area contributed by atoms with Gasteiger partial charge in [-0.2, -0.15) is 23.5 Å². The summed E-state index contributed by atoms with van der Waals surface area (Å²) in [7, 11) is 0. The molecule has 0 fully saturated rings. The van der Waals surface area contributed by atoms with Gasteiger partial charge in [-0.3, -0.25) is 19.2 Å². The van der Waals surface area contributed by atoms with Gasteiger partial charge in [0.25, 0.3) is 0 Å². The Hall–Kier alpha value is -1.14. The van der Waals surface area contributed by atoms with Crippen LogP contribution in [0.15, 0.2) is 24.3 Å². The van der Waals surface area contributed by atoms with E-state index >= 15 is 0 Å². The molecule has 0 aliphatic carbocycles. The smallest absolute Gasteiger partial charge is 0.242 e. The molecule has 1 aromatic rings. The van der Waals surface area contributed by atoms with E-state index in [2.05, 4.69) is 39.5 Å². The summed E-state index contributed by atoms with van der Waals surface area (Å²) < 4.78 is 0. The Labute approximate surface area is 253 Å². The van der Waals surface area contributed by atoms with Crippen molar-refractivity contribution >= 4 is 47.2 Å². The molecule has 4 atom stereocenters. The van der Waals surface area contributed by atoms with Gasteiger partial charge >= 0.3 is 0 Å². The molecule has 1 aliphatic heterocycles. The molecule has 2 rings (SSSR count). The first-order chi connectivity index (χ1) is 16.7. The fraction of sp³-hybridized carbons (Fsp3) is 0.600. The van der Waals surface area contributed by atoms with Gasteiger partial charge in [0, 0.05) is 68.7 Å². The van der Waals surface area contributed by atoms with Crippen LogP contribution in [0.2, 0.25) is 0 Å². The second-order valence-corrected chi connectivity index (χ2v) is 11.1. The summed E-state index contributed by atoms with van der Waals surface area (Å²) in [5.74, 6) is 1.66. The number of amides is 4. The van der Waals surface area contributed by atoms with E-state index in [4.69, 9.17) is 0 Å². The monoisotopic (exact) mass is 629 g/mol. The van der Waals surface area contributed by atoms with Crippen LogP contribution in [0.3, 0.4) is 0 Å². The van der Waals surface area contributed by atoms with E-state index in [9.17, 15) is 19.2 Å². The number of carbonyl (C=O) groups is 4. The first kappa shape index (κ1) is 35.9. The van der Waals surface area contributed by atoms with Gasteiger partial charge in [-0.15, -0.1) is 0 Å². The topological polar surface area (TPSA) is 148 Å². The van der Waals surface area contributed by atoms with Gasteiger partial charge in [0.05, 0.1) is 0 Å². The Morgan fingerprint density at radius 2 is 1.46 bits per heavy atom. The summed E-state index contributed by atoms with van der Waals surface area (Å²) in [6.45, 7) is 7.53. The first-order valence-electron chi connectivity index (χ1n) is 12.1. The molecule has 1 heterocycles. The van der Waals surface area contributed by atoms with E-state index in [1.165, 1.54) is 11.1 Å². The molecule has 205 valence electrons. The number of benzene rings is 1. The van der Waals surface area contributed by atoms with Gasteiger partial charge < -0.3 is 26.7 Å². The standard InChI is InChI=1S/C25H38N4O4S2.H2O.Y/c1-5-16(2)22-25(33)26-10-12-35-15-20-8-6-7-19(13-20)14-34-11-9-21(30)27-17(3)23(31)28-18(4)24(32)29-22;;/h6-8,13,16-18,22H,5,9-12,14-15H2,1-4H3,(H,26,33)(H,27,30)(H,28,31)(H,29,32);1H2;/t16-,17-,18-,22-;;/m0../s1. The summed E-state index contributed by atoms with van der Waals surface area (Å²) in [5, 5.41) is 11.0. The number of rotatable bonds is 2. The molecular weight excluding hydrogens is 589 g/mol. The fourth-order valence-corrected chi connectivity index (χ4v) is 5.17. The van der Waals surface area contributed by atoms with Crippen molar-refractivity contribution in [3.63, 3.8) is 0 Å². The van der Waals surface area contributed by atoms with Crippen molar-refractivity contribution in [1.82, 2.24) is 21.3 Å². The number of thioether (sulfide) groups is 2. The van der Waals surface area contributed by atoms with Crippen molar-refractivity contribution < 1.29 is 57.4 Å². The zero-order valence-electron chi connectivity index (χ0n) is 22.1. The van der Waals surface area contributed by atoms with Crippen LogP contribution in [0.4, 0.5) is 0 Å². The molecule has 37 heavy (non-hydrogen) atoms. The van der Waals surface area contributed by atoms with Crippen molar-refractivity contribution in [2.75, 3.05) is 18.1 Å². The number of nitrogens with one attached hydrogen (secondary N) is 4. The second kappa shape index (κ2) is 19.0. The second-order valence-electron chi connectivity index (χ2n) is 8.86. The molecule has 0 unspecified atom stereocenters. The predicted molar refractivity (Wildman–Crippen MR) is 147 cm³/mol. The Balaban J connectivity index is 0.00000648. The minimum atomic E-state index is -0.848. The van der Waals surface area contributed by atoms with Crippen molar-refractivity contribution in [3.05, 3.63) is 35.4 Å². The minimum Gasteiger partial charge on any atom is -0.412 e. The van der Waals surface area contributed by atoms with Crippen molar-refractivity contribution in [2.45, 2.75) is 70.2 Å². The zero-order valence-corrected chi connectivity index (χ0v) is 26.6. The van der Waals surface area contributed by atoms with Crippen LogP contribution in [-0.4, -0.2) is 65.3 Å². The van der Waals surface area contributed by atoms with Gasteiger partial charge in [0.15, 0.2) is 0 Å². The summed E-state index contributed by atoms with van der Waals surface area (Å²) in [6, 6.07) is 6.07. The maximum atomic E-state index is 12.8. The maximum absolute atomic E-state index is 12.8. The number of hydrogen-bond acceptors (Lipinski definition) is 6. The molecule has 0 spiro atoms. The molecule has 0 saturated carbocycles. The van der Waals surface area contributed by atoms with E-state index in [0.29, 0.717) is 25.1 Å². The third-order valence-corrected chi connectivity index (χ3v) is 7.92. The Morgan fingerprint density at radius 1 is 0.892 bits per heavy atom. The Bertz CT molecular complexity index is 892. The summed E-state index contributed by atoms with van der Waals surface area (Å²) in [6.07, 6.45) is 1.02. The molecule has 6 N–H and O–H groups in total. The number of carbonyl (C=O) groups excluding carboxylic acids is 4.